The standard InChI is InChI=1S/C11H10IN3O2/c12-9-10(16)14-6-15-11(9)17-5-7-1-3-8(13)4-2-7/h1-4,6H,5,13H2,(H,14,15,16). The molecule has 0 aliphatic heterocycles. The molecule has 0 aliphatic rings. The third-order valence-corrected chi connectivity index (χ3v) is 3.07. The molecule has 1 heterocycles. The summed E-state index contributed by atoms with van der Waals surface area (Å²) in [5, 5.41) is 0. The van der Waals surface area contributed by atoms with Crippen LogP contribution in [-0.4, -0.2) is 9.97 Å². The first-order valence-electron chi connectivity index (χ1n) is 4.87. The van der Waals surface area contributed by atoms with Crippen molar-refractivity contribution in [2.24, 2.45) is 0 Å². The number of halogens is 1. The van der Waals surface area contributed by atoms with Gasteiger partial charge in [0.1, 0.15) is 10.2 Å². The summed E-state index contributed by atoms with van der Waals surface area (Å²) in [6.45, 7) is 0.354. The SMILES string of the molecule is Nc1ccc(COc2nc[nH]c(=O)c2I)cc1. The summed E-state index contributed by atoms with van der Waals surface area (Å²) in [4.78, 5) is 17.7. The minimum Gasteiger partial charge on any atom is -0.472 e. The summed E-state index contributed by atoms with van der Waals surface area (Å²) in [7, 11) is 0. The number of nitrogen functional groups attached to an aromatic ring is 1. The molecule has 1 aromatic carbocycles. The molecule has 0 atom stereocenters. The molecule has 0 aliphatic carbocycles. The van der Waals surface area contributed by atoms with Crippen LogP contribution in [0.25, 0.3) is 0 Å². The van der Waals surface area contributed by atoms with Crippen LogP contribution in [0.3, 0.4) is 0 Å². The zero-order chi connectivity index (χ0) is 12.3. The third-order valence-electron chi connectivity index (χ3n) is 2.12. The van der Waals surface area contributed by atoms with Crippen molar-refractivity contribution in [3.05, 3.63) is 50.1 Å². The van der Waals surface area contributed by atoms with Gasteiger partial charge in [-0.15, -0.1) is 0 Å². The second-order valence-electron chi connectivity index (χ2n) is 3.38. The number of nitrogens with two attached hydrogens (primary N) is 1. The molecule has 3 N–H and O–H groups in total. The fraction of sp³-hybridized carbons (Fsp3) is 0.0909. The second-order valence-corrected chi connectivity index (χ2v) is 4.46. The number of hydrogen-bond acceptors (Lipinski definition) is 4. The highest BCUT2D eigenvalue weighted by Gasteiger charge is 2.06. The Morgan fingerprint density at radius 3 is 2.76 bits per heavy atom. The molecular weight excluding hydrogens is 333 g/mol. The van der Waals surface area contributed by atoms with Gasteiger partial charge in [-0.25, -0.2) is 4.98 Å². The first-order valence-corrected chi connectivity index (χ1v) is 5.95. The Bertz CT molecular complexity index is 566. The van der Waals surface area contributed by atoms with Crippen molar-refractivity contribution in [2.75, 3.05) is 5.73 Å². The fourth-order valence-electron chi connectivity index (χ4n) is 1.23. The summed E-state index contributed by atoms with van der Waals surface area (Å²) in [5.41, 5.74) is 7.05. The van der Waals surface area contributed by atoms with Crippen LogP contribution in [-0.2, 0) is 6.61 Å². The average Bonchev–Trinajstić information content (AvgIpc) is 2.33. The van der Waals surface area contributed by atoms with E-state index in [1.165, 1.54) is 6.33 Å². The molecule has 6 heteroatoms. The van der Waals surface area contributed by atoms with Crippen LogP contribution in [0.4, 0.5) is 5.69 Å². The largest absolute Gasteiger partial charge is 0.472 e. The Morgan fingerprint density at radius 1 is 1.35 bits per heavy atom. The molecule has 0 amide bonds. The quantitative estimate of drug-likeness (QED) is 0.654. The van der Waals surface area contributed by atoms with Crippen LogP contribution in [0.2, 0.25) is 0 Å². The van der Waals surface area contributed by atoms with Gasteiger partial charge >= 0.3 is 0 Å². The van der Waals surface area contributed by atoms with E-state index in [1.807, 2.05) is 34.7 Å². The van der Waals surface area contributed by atoms with Gasteiger partial charge in [0.25, 0.3) is 5.56 Å². The zero-order valence-electron chi connectivity index (χ0n) is 8.81. The van der Waals surface area contributed by atoms with E-state index in [4.69, 9.17) is 10.5 Å². The van der Waals surface area contributed by atoms with Crippen molar-refractivity contribution in [3.63, 3.8) is 0 Å². The van der Waals surface area contributed by atoms with Gasteiger partial charge < -0.3 is 15.5 Å². The number of nitrogens with zero attached hydrogens (tertiary/aromatic N) is 1. The van der Waals surface area contributed by atoms with Gasteiger partial charge in [-0.1, -0.05) is 12.1 Å². The van der Waals surface area contributed by atoms with Gasteiger partial charge in [0.05, 0.1) is 6.33 Å². The van der Waals surface area contributed by atoms with Crippen LogP contribution >= 0.6 is 22.6 Å². The van der Waals surface area contributed by atoms with Crippen molar-refractivity contribution < 1.29 is 4.74 Å². The topological polar surface area (TPSA) is 81.0 Å². The minimum atomic E-state index is -0.201. The first-order chi connectivity index (χ1) is 8.16. The maximum absolute atomic E-state index is 11.3. The number of nitrogens with one attached hydrogen (secondary N) is 1. The Balaban J connectivity index is 2.10. The Kier molecular flexibility index (Phi) is 3.62. The highest BCUT2D eigenvalue weighted by molar-refractivity contribution is 14.1. The highest BCUT2D eigenvalue weighted by atomic mass is 127. The Hall–Kier alpha value is -1.57. The molecule has 1 aromatic heterocycles. The fourth-order valence-corrected chi connectivity index (χ4v) is 1.68. The van der Waals surface area contributed by atoms with Gasteiger partial charge in [0.2, 0.25) is 5.88 Å². The predicted octanol–water partition coefficient (Wildman–Crippen LogP) is 1.54. The molecule has 5 nitrogen and oxygen atoms in total. The second kappa shape index (κ2) is 5.17. The van der Waals surface area contributed by atoms with E-state index in [0.717, 1.165) is 5.56 Å². The summed E-state index contributed by atoms with van der Waals surface area (Å²) < 4.78 is 5.91. The van der Waals surface area contributed by atoms with E-state index in [2.05, 4.69) is 9.97 Å². The van der Waals surface area contributed by atoms with Crippen molar-refractivity contribution in [2.45, 2.75) is 6.61 Å². The van der Waals surface area contributed by atoms with Gasteiger partial charge in [-0.3, -0.25) is 4.79 Å². The minimum absolute atomic E-state index is 0.201. The molecule has 0 radical (unpaired) electrons. The maximum Gasteiger partial charge on any atom is 0.268 e. The van der Waals surface area contributed by atoms with Crippen molar-refractivity contribution in [1.82, 2.24) is 9.97 Å². The van der Waals surface area contributed by atoms with Crippen molar-refractivity contribution in [1.29, 1.82) is 0 Å². The van der Waals surface area contributed by atoms with E-state index >= 15 is 0 Å². The van der Waals surface area contributed by atoms with Crippen molar-refractivity contribution in [3.8, 4) is 5.88 Å². The van der Waals surface area contributed by atoms with E-state index in [0.29, 0.717) is 21.7 Å². The molecule has 0 spiro atoms. The predicted molar refractivity (Wildman–Crippen MR) is 72.8 cm³/mol. The Labute approximate surface area is 111 Å². The summed E-state index contributed by atoms with van der Waals surface area (Å²) in [6.07, 6.45) is 1.32. The summed E-state index contributed by atoms with van der Waals surface area (Å²) in [5.74, 6) is 0.339. The Morgan fingerprint density at radius 2 is 2.06 bits per heavy atom. The van der Waals surface area contributed by atoms with Crippen LogP contribution in [0.5, 0.6) is 5.88 Å². The van der Waals surface area contributed by atoms with Crippen LogP contribution in [0.15, 0.2) is 35.4 Å². The van der Waals surface area contributed by atoms with Crippen molar-refractivity contribution >= 4 is 28.3 Å². The highest BCUT2D eigenvalue weighted by Crippen LogP contribution is 2.14. The van der Waals surface area contributed by atoms with Crippen LogP contribution in [0.1, 0.15) is 5.56 Å². The number of rotatable bonds is 3. The number of hydrogen-bond donors (Lipinski definition) is 2. The van der Waals surface area contributed by atoms with E-state index in [-0.39, 0.29) is 5.56 Å². The van der Waals surface area contributed by atoms with Gasteiger partial charge in [0, 0.05) is 5.69 Å². The molecule has 0 saturated carbocycles. The third kappa shape index (κ3) is 2.96. The number of benzene rings is 1. The van der Waals surface area contributed by atoms with Crippen LogP contribution < -0.4 is 16.0 Å². The van der Waals surface area contributed by atoms with Gasteiger partial charge in [0.15, 0.2) is 0 Å². The molecule has 17 heavy (non-hydrogen) atoms. The molecule has 0 unspecified atom stereocenters. The van der Waals surface area contributed by atoms with Crippen LogP contribution in [0, 0.1) is 3.57 Å². The molecule has 2 aromatic rings. The lowest BCUT2D eigenvalue weighted by molar-refractivity contribution is 0.290. The van der Waals surface area contributed by atoms with Gasteiger partial charge in [-0.05, 0) is 40.3 Å². The van der Waals surface area contributed by atoms with E-state index < -0.39 is 0 Å². The lowest BCUT2D eigenvalue weighted by Gasteiger charge is -2.06. The molecule has 0 bridgehead atoms. The number of anilines is 1. The summed E-state index contributed by atoms with van der Waals surface area (Å²) in [6, 6.07) is 7.34. The van der Waals surface area contributed by atoms with E-state index in [9.17, 15) is 4.79 Å². The first kappa shape index (κ1) is 11.9. The lowest BCUT2D eigenvalue weighted by Crippen LogP contribution is -2.12. The molecule has 2 rings (SSSR count). The number of ether oxygens (including phenoxy) is 1. The molecular formula is C11H10IN3O2. The molecule has 0 saturated heterocycles. The molecule has 88 valence electrons. The van der Waals surface area contributed by atoms with E-state index in [1.54, 1.807) is 12.1 Å². The smallest absolute Gasteiger partial charge is 0.268 e. The van der Waals surface area contributed by atoms with Gasteiger partial charge in [-0.2, -0.15) is 0 Å². The maximum atomic E-state index is 11.3. The normalized spacial score (nSPS) is 10.2. The number of aromatic nitrogens is 2. The molecule has 0 fully saturated rings. The number of H-pyrrole nitrogens is 1. The average molecular weight is 343 g/mol. The monoisotopic (exact) mass is 343 g/mol. The zero-order valence-corrected chi connectivity index (χ0v) is 11.0. The summed E-state index contributed by atoms with van der Waals surface area (Å²) >= 11 is 1.90. The number of aromatic amines is 1. The lowest BCUT2D eigenvalue weighted by atomic mass is 10.2.